The van der Waals surface area contributed by atoms with Crippen molar-refractivity contribution in [1.29, 1.82) is 0 Å². The lowest BCUT2D eigenvalue weighted by Crippen LogP contribution is -2.12. The highest BCUT2D eigenvalue weighted by molar-refractivity contribution is 7.94. The minimum absolute atomic E-state index is 0.0591. The first-order valence-electron chi connectivity index (χ1n) is 8.92. The third kappa shape index (κ3) is 4.28. The second kappa shape index (κ2) is 8.49. The Morgan fingerprint density at radius 3 is 1.83 bits per heavy atom. The van der Waals surface area contributed by atoms with Gasteiger partial charge in [-0.2, -0.15) is 0 Å². The van der Waals surface area contributed by atoms with Gasteiger partial charge in [-0.05, 0) is 66.6 Å². The van der Waals surface area contributed by atoms with Gasteiger partial charge in [0.2, 0.25) is 19.7 Å². The van der Waals surface area contributed by atoms with E-state index in [-0.39, 0.29) is 26.3 Å². The zero-order valence-corrected chi connectivity index (χ0v) is 18.4. The minimum Gasteiger partial charge on any atom is -0.392 e. The molecule has 6 nitrogen and oxygen atoms in total. The molecule has 0 aliphatic rings. The predicted molar refractivity (Wildman–Crippen MR) is 114 cm³/mol. The highest BCUT2D eigenvalue weighted by Gasteiger charge is 2.29. The summed E-state index contributed by atoms with van der Waals surface area (Å²) in [6.07, 6.45) is 0. The molecule has 3 N–H and O–H groups in total. The van der Waals surface area contributed by atoms with Gasteiger partial charge in [-0.3, -0.25) is 0 Å². The summed E-state index contributed by atoms with van der Waals surface area (Å²) in [5.74, 6) is 0. The van der Waals surface area contributed by atoms with Gasteiger partial charge in [0.15, 0.2) is 0 Å². The average molecular weight is 466 g/mol. The fraction of sp³-hybridized carbons (Fsp3) is 0.143. The van der Waals surface area contributed by atoms with Crippen LogP contribution in [0.15, 0.2) is 86.3 Å². The van der Waals surface area contributed by atoms with Crippen molar-refractivity contribution in [1.82, 2.24) is 0 Å². The van der Waals surface area contributed by atoms with Gasteiger partial charge in [0.1, 0.15) is 0 Å². The fourth-order valence-electron chi connectivity index (χ4n) is 2.90. The molecule has 30 heavy (non-hydrogen) atoms. The van der Waals surface area contributed by atoms with E-state index < -0.39 is 31.2 Å². The van der Waals surface area contributed by atoms with Crippen molar-refractivity contribution in [3.8, 4) is 0 Å². The van der Waals surface area contributed by atoms with Crippen molar-refractivity contribution in [2.45, 2.75) is 39.2 Å². The Kier molecular flexibility index (Phi) is 6.35. The quantitative estimate of drug-likeness (QED) is 0.575. The summed E-state index contributed by atoms with van der Waals surface area (Å²) in [7, 11) is -8.36. The Labute approximate surface area is 180 Å². The maximum absolute atomic E-state index is 13.3. The molecule has 0 unspecified atom stereocenters. The van der Waals surface area contributed by atoms with Crippen LogP contribution in [0.2, 0.25) is 5.02 Å². The van der Waals surface area contributed by atoms with Crippen molar-refractivity contribution in [3.63, 3.8) is 0 Å². The smallest absolute Gasteiger partial charge is 0.207 e. The van der Waals surface area contributed by atoms with Crippen LogP contribution in [0.3, 0.4) is 0 Å². The number of benzene rings is 3. The SMILES string of the molecule is C[C@H](N)c1ccc(S(=O)(=O)c2ccc(CO)cc2S(=O)(=O)c2ccc(Cl)cc2)cc1. The molecular formula is C21H20ClNO5S2. The number of halogens is 1. The number of aliphatic hydroxyl groups is 1. The molecule has 0 aliphatic heterocycles. The number of nitrogens with two attached hydrogens (primary N) is 1. The minimum atomic E-state index is -4.20. The van der Waals surface area contributed by atoms with E-state index in [0.717, 1.165) is 5.56 Å². The Bertz CT molecular complexity index is 1270. The van der Waals surface area contributed by atoms with Crippen LogP contribution in [0.4, 0.5) is 0 Å². The molecule has 0 spiro atoms. The second-order valence-electron chi connectivity index (χ2n) is 6.76. The lowest BCUT2D eigenvalue weighted by atomic mass is 10.1. The van der Waals surface area contributed by atoms with Gasteiger partial charge in [0.05, 0.1) is 26.2 Å². The molecule has 0 fully saturated rings. The van der Waals surface area contributed by atoms with Crippen LogP contribution >= 0.6 is 11.6 Å². The molecule has 3 aromatic rings. The van der Waals surface area contributed by atoms with Crippen LogP contribution in [0.5, 0.6) is 0 Å². The van der Waals surface area contributed by atoms with Crippen LogP contribution in [-0.2, 0) is 26.3 Å². The van der Waals surface area contributed by atoms with Crippen molar-refractivity contribution >= 4 is 31.3 Å². The predicted octanol–water partition coefficient (Wildman–Crippen LogP) is 3.52. The molecule has 1 atom stereocenters. The Balaban J connectivity index is 2.21. The summed E-state index contributed by atoms with van der Waals surface area (Å²) in [5, 5.41) is 9.80. The van der Waals surface area contributed by atoms with Crippen molar-refractivity contribution in [3.05, 3.63) is 82.9 Å². The molecule has 3 aromatic carbocycles. The molecule has 0 saturated heterocycles. The first kappa shape index (κ1) is 22.5. The lowest BCUT2D eigenvalue weighted by Gasteiger charge is -2.14. The summed E-state index contributed by atoms with van der Waals surface area (Å²) in [4.78, 5) is -0.946. The standard InChI is InChI=1S/C21H20ClNO5S2/c1-14(23)16-3-7-18(8-4-16)29(25,26)20-11-2-15(13-24)12-21(20)30(27,28)19-9-5-17(22)6-10-19/h2-12,14,24H,13,23H2,1H3/t14-/m0/s1. The number of sulfone groups is 2. The fourth-order valence-corrected chi connectivity index (χ4v) is 6.39. The van der Waals surface area contributed by atoms with Crippen LogP contribution in [0.25, 0.3) is 0 Å². The second-order valence-corrected chi connectivity index (χ2v) is 11.0. The first-order valence-corrected chi connectivity index (χ1v) is 12.3. The molecule has 0 aromatic heterocycles. The highest BCUT2D eigenvalue weighted by Crippen LogP contribution is 2.32. The molecule has 0 aliphatic carbocycles. The first-order chi connectivity index (χ1) is 14.1. The van der Waals surface area contributed by atoms with E-state index in [9.17, 15) is 21.9 Å². The number of hydrogen-bond donors (Lipinski definition) is 2. The zero-order valence-electron chi connectivity index (χ0n) is 16.0. The van der Waals surface area contributed by atoms with E-state index in [1.165, 1.54) is 54.6 Å². The van der Waals surface area contributed by atoms with E-state index in [2.05, 4.69) is 0 Å². The van der Waals surface area contributed by atoms with Gasteiger partial charge < -0.3 is 10.8 Å². The van der Waals surface area contributed by atoms with Gasteiger partial charge in [-0.1, -0.05) is 29.8 Å². The van der Waals surface area contributed by atoms with Gasteiger partial charge in [0, 0.05) is 11.1 Å². The molecule has 158 valence electrons. The Hall–Kier alpha value is -2.23. The number of aliphatic hydroxyl groups excluding tert-OH is 1. The van der Waals surface area contributed by atoms with E-state index in [0.29, 0.717) is 5.02 Å². The van der Waals surface area contributed by atoms with Gasteiger partial charge in [-0.15, -0.1) is 0 Å². The molecule has 3 rings (SSSR count). The molecular weight excluding hydrogens is 446 g/mol. The molecule has 0 radical (unpaired) electrons. The van der Waals surface area contributed by atoms with E-state index in [1.54, 1.807) is 19.1 Å². The summed E-state index contributed by atoms with van der Waals surface area (Å²) < 4.78 is 53.1. The molecule has 0 bridgehead atoms. The van der Waals surface area contributed by atoms with Crippen LogP contribution in [-0.4, -0.2) is 21.9 Å². The summed E-state index contributed by atoms with van der Waals surface area (Å²) in [5.41, 5.74) is 6.83. The van der Waals surface area contributed by atoms with Crippen molar-refractivity contribution < 1.29 is 21.9 Å². The van der Waals surface area contributed by atoms with Gasteiger partial charge in [0.25, 0.3) is 0 Å². The molecule has 0 heterocycles. The van der Waals surface area contributed by atoms with E-state index >= 15 is 0 Å². The summed E-state index contributed by atoms with van der Waals surface area (Å²) in [6, 6.07) is 14.9. The molecule has 9 heteroatoms. The normalized spacial score (nSPS) is 13.2. The zero-order chi connectivity index (χ0) is 22.1. The number of rotatable bonds is 6. The van der Waals surface area contributed by atoms with Gasteiger partial charge >= 0.3 is 0 Å². The largest absolute Gasteiger partial charge is 0.392 e. The lowest BCUT2D eigenvalue weighted by molar-refractivity contribution is 0.281. The highest BCUT2D eigenvalue weighted by atomic mass is 35.5. The van der Waals surface area contributed by atoms with E-state index in [1.807, 2.05) is 0 Å². The van der Waals surface area contributed by atoms with E-state index in [4.69, 9.17) is 17.3 Å². The Morgan fingerprint density at radius 2 is 1.33 bits per heavy atom. The van der Waals surface area contributed by atoms with Crippen LogP contribution in [0.1, 0.15) is 24.1 Å². The third-order valence-electron chi connectivity index (χ3n) is 4.61. The monoisotopic (exact) mass is 465 g/mol. The summed E-state index contributed by atoms with van der Waals surface area (Å²) in [6.45, 7) is 1.33. The van der Waals surface area contributed by atoms with Gasteiger partial charge in [-0.25, -0.2) is 16.8 Å². The van der Waals surface area contributed by atoms with Crippen molar-refractivity contribution in [2.24, 2.45) is 5.73 Å². The molecule has 0 amide bonds. The third-order valence-corrected chi connectivity index (χ3v) is 8.63. The average Bonchev–Trinajstić information content (AvgIpc) is 2.73. The number of hydrogen-bond acceptors (Lipinski definition) is 6. The topological polar surface area (TPSA) is 115 Å². The maximum atomic E-state index is 13.3. The maximum Gasteiger partial charge on any atom is 0.207 e. The molecule has 0 saturated carbocycles. The van der Waals surface area contributed by atoms with Crippen LogP contribution in [0, 0.1) is 0 Å². The Morgan fingerprint density at radius 1 is 0.833 bits per heavy atom. The van der Waals surface area contributed by atoms with Crippen molar-refractivity contribution in [2.75, 3.05) is 0 Å². The summed E-state index contributed by atoms with van der Waals surface area (Å²) >= 11 is 5.84. The van der Waals surface area contributed by atoms with Crippen LogP contribution < -0.4 is 5.73 Å².